The summed E-state index contributed by atoms with van der Waals surface area (Å²) in [5.41, 5.74) is 2.32. The van der Waals surface area contributed by atoms with Crippen LogP contribution in [0.25, 0.3) is 0 Å². The molecule has 0 aliphatic rings. The number of anilines is 1. The number of benzene rings is 2. The SMILES string of the molecule is COc1ccc(S(=O)(=O)Nc2nnc(SCc3cccc(C)c3)s2)cc1F. The highest BCUT2D eigenvalue weighted by atomic mass is 32.2. The van der Waals surface area contributed by atoms with E-state index >= 15 is 0 Å². The van der Waals surface area contributed by atoms with Crippen molar-refractivity contribution in [1.82, 2.24) is 10.2 Å². The quantitative estimate of drug-likeness (QED) is 0.574. The first-order valence-electron chi connectivity index (χ1n) is 7.75. The van der Waals surface area contributed by atoms with Gasteiger partial charge in [0.1, 0.15) is 0 Å². The van der Waals surface area contributed by atoms with Crippen LogP contribution in [-0.4, -0.2) is 25.7 Å². The van der Waals surface area contributed by atoms with Crippen molar-refractivity contribution in [2.45, 2.75) is 21.9 Å². The first-order valence-corrected chi connectivity index (χ1v) is 11.0. The van der Waals surface area contributed by atoms with E-state index in [1.807, 2.05) is 25.1 Å². The van der Waals surface area contributed by atoms with Crippen molar-refractivity contribution in [2.24, 2.45) is 0 Å². The van der Waals surface area contributed by atoms with E-state index in [0.29, 0.717) is 10.1 Å². The average Bonchev–Trinajstić information content (AvgIpc) is 3.06. The Balaban J connectivity index is 1.68. The summed E-state index contributed by atoms with van der Waals surface area (Å²) in [6, 6.07) is 11.5. The lowest BCUT2D eigenvalue weighted by Gasteiger charge is -2.06. The number of sulfonamides is 1. The lowest BCUT2D eigenvalue weighted by molar-refractivity contribution is 0.385. The number of nitrogens with one attached hydrogen (secondary N) is 1. The predicted molar refractivity (Wildman–Crippen MR) is 104 cm³/mol. The van der Waals surface area contributed by atoms with Gasteiger partial charge in [0.05, 0.1) is 12.0 Å². The predicted octanol–water partition coefficient (Wildman–Crippen LogP) is 4.09. The molecule has 27 heavy (non-hydrogen) atoms. The minimum absolute atomic E-state index is 0.0281. The Morgan fingerprint density at radius 1 is 1.22 bits per heavy atom. The van der Waals surface area contributed by atoms with E-state index in [2.05, 4.69) is 21.0 Å². The number of nitrogens with zero attached hydrogens (tertiary/aromatic N) is 2. The molecule has 0 aliphatic carbocycles. The Hall–Kier alpha value is -2.17. The number of methoxy groups -OCH3 is 1. The molecule has 0 amide bonds. The van der Waals surface area contributed by atoms with E-state index in [0.717, 1.165) is 23.0 Å². The van der Waals surface area contributed by atoms with Crippen LogP contribution in [0.5, 0.6) is 5.75 Å². The van der Waals surface area contributed by atoms with E-state index in [4.69, 9.17) is 4.74 Å². The fourth-order valence-corrected chi connectivity index (χ4v) is 5.18. The molecule has 0 atom stereocenters. The molecule has 0 bridgehead atoms. The molecule has 1 N–H and O–H groups in total. The number of ether oxygens (including phenoxy) is 1. The molecule has 1 heterocycles. The van der Waals surface area contributed by atoms with E-state index in [9.17, 15) is 12.8 Å². The van der Waals surface area contributed by atoms with Gasteiger partial charge in [-0.25, -0.2) is 12.8 Å². The van der Waals surface area contributed by atoms with Gasteiger partial charge in [-0.15, -0.1) is 10.2 Å². The van der Waals surface area contributed by atoms with Crippen molar-refractivity contribution >= 4 is 38.3 Å². The zero-order valence-corrected chi connectivity index (χ0v) is 16.9. The largest absolute Gasteiger partial charge is 0.494 e. The standard InChI is InChI=1S/C17H16FN3O3S3/c1-11-4-3-5-12(8-11)10-25-17-20-19-16(26-17)21-27(22,23)13-6-7-15(24-2)14(18)9-13/h3-9H,10H2,1-2H3,(H,19,21). The van der Waals surface area contributed by atoms with Crippen molar-refractivity contribution < 1.29 is 17.5 Å². The second kappa shape index (κ2) is 8.24. The van der Waals surface area contributed by atoms with Crippen LogP contribution in [0.4, 0.5) is 9.52 Å². The molecule has 3 aromatic rings. The van der Waals surface area contributed by atoms with Gasteiger partial charge < -0.3 is 4.74 Å². The fraction of sp³-hybridized carbons (Fsp3) is 0.176. The molecule has 0 saturated heterocycles. The molecule has 142 valence electrons. The summed E-state index contributed by atoms with van der Waals surface area (Å²) < 4.78 is 46.3. The molecule has 0 spiro atoms. The van der Waals surface area contributed by atoms with Gasteiger partial charge in [0.15, 0.2) is 15.9 Å². The zero-order valence-electron chi connectivity index (χ0n) is 14.5. The van der Waals surface area contributed by atoms with E-state index in [1.54, 1.807) is 0 Å². The summed E-state index contributed by atoms with van der Waals surface area (Å²) in [4.78, 5) is -0.218. The number of hydrogen-bond donors (Lipinski definition) is 1. The second-order valence-electron chi connectivity index (χ2n) is 5.55. The van der Waals surface area contributed by atoms with Gasteiger partial charge in [0.2, 0.25) is 5.13 Å². The molecule has 0 unspecified atom stereocenters. The minimum atomic E-state index is -3.97. The summed E-state index contributed by atoms with van der Waals surface area (Å²) in [5, 5.41) is 7.96. The first kappa shape index (κ1) is 19.6. The van der Waals surface area contributed by atoms with Crippen LogP contribution in [-0.2, 0) is 15.8 Å². The van der Waals surface area contributed by atoms with Crippen molar-refractivity contribution in [1.29, 1.82) is 0 Å². The third kappa shape index (κ3) is 4.96. The van der Waals surface area contributed by atoms with Crippen molar-refractivity contribution in [2.75, 3.05) is 11.8 Å². The number of aromatic nitrogens is 2. The molecule has 3 rings (SSSR count). The van der Waals surface area contributed by atoms with Crippen LogP contribution in [0, 0.1) is 12.7 Å². The smallest absolute Gasteiger partial charge is 0.263 e. The summed E-state index contributed by atoms with van der Waals surface area (Å²) >= 11 is 2.59. The molecule has 6 nitrogen and oxygen atoms in total. The minimum Gasteiger partial charge on any atom is -0.494 e. The maximum Gasteiger partial charge on any atom is 0.263 e. The van der Waals surface area contributed by atoms with Crippen LogP contribution in [0.3, 0.4) is 0 Å². The Morgan fingerprint density at radius 2 is 2.04 bits per heavy atom. The maximum atomic E-state index is 13.8. The normalized spacial score (nSPS) is 11.4. The number of aryl methyl sites for hydroxylation is 1. The van der Waals surface area contributed by atoms with E-state index in [-0.39, 0.29) is 15.8 Å². The highest BCUT2D eigenvalue weighted by molar-refractivity contribution is 8.00. The van der Waals surface area contributed by atoms with Crippen LogP contribution in [0.15, 0.2) is 51.7 Å². The lowest BCUT2D eigenvalue weighted by atomic mass is 10.2. The summed E-state index contributed by atoms with van der Waals surface area (Å²) in [5.74, 6) is -0.0843. The molecular formula is C17H16FN3O3S3. The van der Waals surface area contributed by atoms with Gasteiger partial charge >= 0.3 is 0 Å². The van der Waals surface area contributed by atoms with Crippen molar-refractivity contribution in [3.63, 3.8) is 0 Å². The van der Waals surface area contributed by atoms with Gasteiger partial charge in [-0.2, -0.15) is 0 Å². The van der Waals surface area contributed by atoms with Gasteiger partial charge in [-0.3, -0.25) is 4.72 Å². The van der Waals surface area contributed by atoms with Gasteiger partial charge in [-0.1, -0.05) is 52.9 Å². The number of rotatable bonds is 7. The number of thioether (sulfide) groups is 1. The summed E-state index contributed by atoms with van der Waals surface area (Å²) in [6.45, 7) is 2.02. The highest BCUT2D eigenvalue weighted by Crippen LogP contribution is 2.30. The van der Waals surface area contributed by atoms with E-state index in [1.165, 1.54) is 36.6 Å². The first-order chi connectivity index (χ1) is 12.9. The number of hydrogen-bond acceptors (Lipinski definition) is 7. The topological polar surface area (TPSA) is 81.2 Å². The molecule has 0 aliphatic heterocycles. The zero-order chi connectivity index (χ0) is 19.4. The van der Waals surface area contributed by atoms with Crippen LogP contribution in [0.2, 0.25) is 0 Å². The Labute approximate surface area is 164 Å². The summed E-state index contributed by atoms with van der Waals surface area (Å²) in [7, 11) is -2.66. The monoisotopic (exact) mass is 425 g/mol. The molecular weight excluding hydrogens is 409 g/mol. The van der Waals surface area contributed by atoms with Gasteiger partial charge in [0, 0.05) is 5.75 Å². The molecule has 0 saturated carbocycles. The Morgan fingerprint density at radius 3 is 2.74 bits per heavy atom. The maximum absolute atomic E-state index is 13.8. The third-order valence-corrected chi connectivity index (χ3v) is 7.02. The molecule has 10 heteroatoms. The van der Waals surface area contributed by atoms with Gasteiger partial charge in [0.25, 0.3) is 10.0 Å². The van der Waals surface area contributed by atoms with Crippen LogP contribution < -0.4 is 9.46 Å². The van der Waals surface area contributed by atoms with Crippen LogP contribution >= 0.6 is 23.1 Å². The second-order valence-corrected chi connectivity index (χ2v) is 9.44. The third-order valence-electron chi connectivity index (χ3n) is 3.51. The molecule has 2 aromatic carbocycles. The lowest BCUT2D eigenvalue weighted by Crippen LogP contribution is -2.13. The Kier molecular flexibility index (Phi) is 5.98. The highest BCUT2D eigenvalue weighted by Gasteiger charge is 2.19. The molecule has 1 aromatic heterocycles. The molecule has 0 fully saturated rings. The van der Waals surface area contributed by atoms with Crippen molar-refractivity contribution in [3.8, 4) is 5.75 Å². The fourth-order valence-electron chi connectivity index (χ4n) is 2.24. The Bertz CT molecular complexity index is 1050. The van der Waals surface area contributed by atoms with Crippen molar-refractivity contribution in [3.05, 3.63) is 59.4 Å². The average molecular weight is 426 g/mol. The van der Waals surface area contributed by atoms with Crippen LogP contribution in [0.1, 0.15) is 11.1 Å². The van der Waals surface area contributed by atoms with Gasteiger partial charge in [-0.05, 0) is 30.7 Å². The van der Waals surface area contributed by atoms with E-state index < -0.39 is 15.8 Å². The number of halogens is 1. The molecule has 0 radical (unpaired) electrons. The summed E-state index contributed by atoms with van der Waals surface area (Å²) in [6.07, 6.45) is 0.